The number of benzene rings is 2. The second-order valence-corrected chi connectivity index (χ2v) is 7.46. The van der Waals surface area contributed by atoms with Gasteiger partial charge >= 0.3 is 0 Å². The van der Waals surface area contributed by atoms with Gasteiger partial charge < -0.3 is 9.88 Å². The fraction of sp³-hybridized carbons (Fsp3) is 0.409. The number of unbranched alkanes of at least 4 members (excludes halogenated alkanes) is 1. The van der Waals surface area contributed by atoms with Gasteiger partial charge in [-0.05, 0) is 56.5 Å². The zero-order chi connectivity index (χ0) is 18.4. The number of halogens is 1. The van der Waals surface area contributed by atoms with Crippen LogP contribution in [0.2, 0.25) is 5.02 Å². The Morgan fingerprint density at radius 3 is 2.73 bits per heavy atom. The molecule has 1 aromatic heterocycles. The van der Waals surface area contributed by atoms with Gasteiger partial charge in [-0.25, -0.2) is 4.98 Å². The fourth-order valence-corrected chi connectivity index (χ4v) is 3.73. The first-order chi connectivity index (χ1) is 12.7. The van der Waals surface area contributed by atoms with E-state index in [2.05, 4.69) is 65.2 Å². The topological polar surface area (TPSA) is 31.9 Å². The molecule has 0 spiro atoms. The van der Waals surface area contributed by atoms with E-state index < -0.39 is 0 Å². The molecule has 1 heterocycles. The maximum atomic E-state index is 6.30. The SMILES string of the molecule is CCCCN(C)C(CCc1ccccc1)Cc1ccc(Cl)c2[nH]cnc12. The molecule has 4 heteroatoms. The third-order valence-corrected chi connectivity index (χ3v) is 5.48. The van der Waals surface area contributed by atoms with Gasteiger partial charge in [0.2, 0.25) is 0 Å². The fourth-order valence-electron chi connectivity index (χ4n) is 3.52. The van der Waals surface area contributed by atoms with Crippen molar-refractivity contribution >= 4 is 22.6 Å². The van der Waals surface area contributed by atoms with Crippen molar-refractivity contribution in [2.45, 2.75) is 45.1 Å². The lowest BCUT2D eigenvalue weighted by atomic mass is 9.97. The molecule has 0 aliphatic heterocycles. The van der Waals surface area contributed by atoms with Crippen LogP contribution in [-0.2, 0) is 12.8 Å². The smallest absolute Gasteiger partial charge is 0.0932 e. The number of imidazole rings is 1. The van der Waals surface area contributed by atoms with Crippen LogP contribution in [0.5, 0.6) is 0 Å². The third-order valence-electron chi connectivity index (χ3n) is 5.17. The van der Waals surface area contributed by atoms with Crippen LogP contribution in [0.25, 0.3) is 11.0 Å². The maximum Gasteiger partial charge on any atom is 0.0932 e. The van der Waals surface area contributed by atoms with E-state index in [4.69, 9.17) is 11.6 Å². The average molecular weight is 370 g/mol. The van der Waals surface area contributed by atoms with Gasteiger partial charge in [0.1, 0.15) is 0 Å². The number of hydrogen-bond donors (Lipinski definition) is 1. The van der Waals surface area contributed by atoms with Crippen LogP contribution in [0.15, 0.2) is 48.8 Å². The summed E-state index contributed by atoms with van der Waals surface area (Å²) in [5, 5.41) is 0.737. The minimum absolute atomic E-state index is 0.489. The summed E-state index contributed by atoms with van der Waals surface area (Å²) in [7, 11) is 2.25. The van der Waals surface area contributed by atoms with Crippen LogP contribution in [0, 0.1) is 0 Å². The van der Waals surface area contributed by atoms with Crippen LogP contribution in [0.3, 0.4) is 0 Å². The second kappa shape index (κ2) is 9.20. The first-order valence-corrected chi connectivity index (χ1v) is 9.91. The third kappa shape index (κ3) is 4.66. The minimum Gasteiger partial charge on any atom is -0.343 e. The van der Waals surface area contributed by atoms with E-state index in [1.165, 1.54) is 24.0 Å². The van der Waals surface area contributed by atoms with Gasteiger partial charge in [0.05, 0.1) is 22.4 Å². The number of nitrogens with one attached hydrogen (secondary N) is 1. The number of aromatic nitrogens is 2. The van der Waals surface area contributed by atoms with Crippen molar-refractivity contribution in [1.82, 2.24) is 14.9 Å². The molecule has 0 saturated heterocycles. The monoisotopic (exact) mass is 369 g/mol. The molecule has 1 unspecified atom stereocenters. The number of likely N-dealkylation sites (N-methyl/N-ethyl adjacent to an activating group) is 1. The Kier molecular flexibility index (Phi) is 6.70. The van der Waals surface area contributed by atoms with Crippen LogP contribution >= 0.6 is 11.6 Å². The Bertz CT molecular complexity index is 813. The van der Waals surface area contributed by atoms with Crippen molar-refractivity contribution < 1.29 is 0 Å². The largest absolute Gasteiger partial charge is 0.343 e. The molecular weight excluding hydrogens is 342 g/mol. The predicted octanol–water partition coefficient (Wildman–Crippen LogP) is 5.49. The van der Waals surface area contributed by atoms with Crippen LogP contribution in [-0.4, -0.2) is 34.5 Å². The van der Waals surface area contributed by atoms with Gasteiger partial charge in [-0.1, -0.05) is 61.3 Å². The molecule has 0 saturated carbocycles. The molecule has 1 N–H and O–H groups in total. The summed E-state index contributed by atoms with van der Waals surface area (Å²) in [6, 6.07) is 15.4. The van der Waals surface area contributed by atoms with Gasteiger partial charge in [-0.3, -0.25) is 0 Å². The molecule has 0 radical (unpaired) electrons. The number of H-pyrrole nitrogens is 1. The van der Waals surface area contributed by atoms with E-state index in [0.717, 1.165) is 41.9 Å². The Balaban J connectivity index is 1.77. The lowest BCUT2D eigenvalue weighted by Crippen LogP contribution is -2.35. The van der Waals surface area contributed by atoms with E-state index in [0.29, 0.717) is 6.04 Å². The molecule has 0 fully saturated rings. The molecule has 0 aliphatic rings. The lowest BCUT2D eigenvalue weighted by molar-refractivity contribution is 0.225. The molecule has 0 aliphatic carbocycles. The summed E-state index contributed by atoms with van der Waals surface area (Å²) in [6.45, 7) is 3.38. The Morgan fingerprint density at radius 1 is 1.15 bits per heavy atom. The Hall–Kier alpha value is -1.84. The number of fused-ring (bicyclic) bond motifs is 1. The highest BCUT2D eigenvalue weighted by atomic mass is 35.5. The molecule has 3 nitrogen and oxygen atoms in total. The molecule has 26 heavy (non-hydrogen) atoms. The van der Waals surface area contributed by atoms with Gasteiger partial charge in [0.25, 0.3) is 0 Å². The molecule has 0 bridgehead atoms. The van der Waals surface area contributed by atoms with Crippen LogP contribution in [0.1, 0.15) is 37.3 Å². The van der Waals surface area contributed by atoms with Gasteiger partial charge in [-0.2, -0.15) is 0 Å². The standard InChI is InChI=1S/C22H28ClN3/c1-3-4-14-26(2)19(12-10-17-8-6-5-7-9-17)15-18-11-13-20(23)22-21(18)24-16-25-22/h5-9,11,13,16,19H,3-4,10,12,14-15H2,1-2H3,(H,24,25). The molecule has 1 atom stereocenters. The molecular formula is C22H28ClN3. The Morgan fingerprint density at radius 2 is 1.96 bits per heavy atom. The van der Waals surface area contributed by atoms with E-state index in [1.807, 2.05) is 6.07 Å². The van der Waals surface area contributed by atoms with Crippen molar-refractivity contribution in [1.29, 1.82) is 0 Å². The highest BCUT2D eigenvalue weighted by molar-refractivity contribution is 6.35. The number of rotatable bonds is 9. The summed E-state index contributed by atoms with van der Waals surface area (Å²) in [5.74, 6) is 0. The van der Waals surface area contributed by atoms with Gasteiger partial charge in [0, 0.05) is 6.04 Å². The minimum atomic E-state index is 0.489. The van der Waals surface area contributed by atoms with Crippen LogP contribution < -0.4 is 0 Å². The maximum absolute atomic E-state index is 6.30. The van der Waals surface area contributed by atoms with E-state index >= 15 is 0 Å². The molecule has 3 rings (SSSR count). The van der Waals surface area contributed by atoms with Crippen molar-refractivity contribution in [3.8, 4) is 0 Å². The zero-order valence-corrected chi connectivity index (χ0v) is 16.5. The highest BCUT2D eigenvalue weighted by Crippen LogP contribution is 2.26. The molecule has 2 aromatic carbocycles. The Labute approximate surface area is 161 Å². The normalized spacial score (nSPS) is 12.8. The number of aromatic amines is 1. The van der Waals surface area contributed by atoms with E-state index in [9.17, 15) is 0 Å². The highest BCUT2D eigenvalue weighted by Gasteiger charge is 2.18. The van der Waals surface area contributed by atoms with E-state index in [1.54, 1.807) is 6.33 Å². The summed E-state index contributed by atoms with van der Waals surface area (Å²) in [4.78, 5) is 10.2. The number of aryl methyl sites for hydroxylation is 1. The molecule has 0 amide bonds. The molecule has 3 aromatic rings. The summed E-state index contributed by atoms with van der Waals surface area (Å²) < 4.78 is 0. The second-order valence-electron chi connectivity index (χ2n) is 7.05. The van der Waals surface area contributed by atoms with Crippen LogP contribution in [0.4, 0.5) is 0 Å². The average Bonchev–Trinajstić information content (AvgIpc) is 3.16. The molecule has 138 valence electrons. The van der Waals surface area contributed by atoms with Gasteiger partial charge in [0.15, 0.2) is 0 Å². The first kappa shape index (κ1) is 18.9. The summed E-state index contributed by atoms with van der Waals surface area (Å²) in [5.41, 5.74) is 4.63. The quantitative estimate of drug-likeness (QED) is 0.540. The predicted molar refractivity (Wildman–Crippen MR) is 111 cm³/mol. The summed E-state index contributed by atoms with van der Waals surface area (Å²) in [6.07, 6.45) is 7.42. The number of hydrogen-bond acceptors (Lipinski definition) is 2. The van der Waals surface area contributed by atoms with Crippen molar-refractivity contribution in [3.63, 3.8) is 0 Å². The van der Waals surface area contributed by atoms with E-state index in [-0.39, 0.29) is 0 Å². The van der Waals surface area contributed by atoms with Gasteiger partial charge in [-0.15, -0.1) is 0 Å². The zero-order valence-electron chi connectivity index (χ0n) is 15.7. The summed E-state index contributed by atoms with van der Waals surface area (Å²) >= 11 is 6.30. The lowest BCUT2D eigenvalue weighted by Gasteiger charge is -2.28. The van der Waals surface area contributed by atoms with Crippen molar-refractivity contribution in [3.05, 3.63) is 64.9 Å². The number of nitrogens with zero attached hydrogens (tertiary/aromatic N) is 2. The van der Waals surface area contributed by atoms with Crippen molar-refractivity contribution in [2.75, 3.05) is 13.6 Å². The van der Waals surface area contributed by atoms with Crippen molar-refractivity contribution in [2.24, 2.45) is 0 Å². The first-order valence-electron chi connectivity index (χ1n) is 9.53.